The molecule has 18 heavy (non-hydrogen) atoms. The molecule has 0 radical (unpaired) electrons. The molecule has 2 aliphatic rings. The zero-order chi connectivity index (χ0) is 12.4. The van der Waals surface area contributed by atoms with Crippen LogP contribution < -0.4 is 5.32 Å². The standard InChI is InChI=1S/C14H18N2O2/c17-14(16-5-7-18-8-6-16)13-9-11-3-1-2-4-12(11)10-15-13/h1-4,13,15H,5-10H2/t13-/m0/s1. The van der Waals surface area contributed by atoms with Gasteiger partial charge >= 0.3 is 0 Å². The van der Waals surface area contributed by atoms with Gasteiger partial charge in [-0.25, -0.2) is 0 Å². The van der Waals surface area contributed by atoms with Crippen molar-refractivity contribution >= 4 is 5.91 Å². The summed E-state index contributed by atoms with van der Waals surface area (Å²) in [5.74, 6) is 0.216. The number of amides is 1. The second kappa shape index (κ2) is 5.08. The van der Waals surface area contributed by atoms with Crippen molar-refractivity contribution in [1.29, 1.82) is 0 Å². The monoisotopic (exact) mass is 246 g/mol. The normalized spacial score (nSPS) is 23.6. The van der Waals surface area contributed by atoms with Crippen molar-refractivity contribution in [3.63, 3.8) is 0 Å². The molecule has 96 valence electrons. The number of nitrogens with one attached hydrogen (secondary N) is 1. The van der Waals surface area contributed by atoms with Crippen LogP contribution in [0.25, 0.3) is 0 Å². The van der Waals surface area contributed by atoms with Gasteiger partial charge in [-0.15, -0.1) is 0 Å². The maximum absolute atomic E-state index is 12.4. The minimum Gasteiger partial charge on any atom is -0.378 e. The number of hydrogen-bond donors (Lipinski definition) is 1. The van der Waals surface area contributed by atoms with Gasteiger partial charge in [-0.05, 0) is 17.5 Å². The predicted molar refractivity (Wildman–Crippen MR) is 68.2 cm³/mol. The molecule has 2 aliphatic heterocycles. The summed E-state index contributed by atoms with van der Waals surface area (Å²) in [5, 5.41) is 3.34. The smallest absolute Gasteiger partial charge is 0.240 e. The molecule has 1 amide bonds. The fraction of sp³-hybridized carbons (Fsp3) is 0.500. The molecule has 0 spiro atoms. The van der Waals surface area contributed by atoms with Gasteiger partial charge in [-0.1, -0.05) is 24.3 Å². The number of morpholine rings is 1. The second-order valence-electron chi connectivity index (χ2n) is 4.84. The first-order valence-electron chi connectivity index (χ1n) is 6.51. The highest BCUT2D eigenvalue weighted by Crippen LogP contribution is 2.17. The Morgan fingerprint density at radius 2 is 1.94 bits per heavy atom. The minimum absolute atomic E-state index is 0.0713. The van der Waals surface area contributed by atoms with E-state index in [9.17, 15) is 4.79 Å². The fourth-order valence-electron chi connectivity index (χ4n) is 2.63. The summed E-state index contributed by atoms with van der Waals surface area (Å²) >= 11 is 0. The van der Waals surface area contributed by atoms with Gasteiger partial charge in [0.05, 0.1) is 19.3 Å². The number of benzene rings is 1. The molecule has 0 saturated carbocycles. The summed E-state index contributed by atoms with van der Waals surface area (Å²) in [6.07, 6.45) is 0.798. The third-order valence-electron chi connectivity index (χ3n) is 3.70. The summed E-state index contributed by atoms with van der Waals surface area (Å²) in [4.78, 5) is 14.3. The van der Waals surface area contributed by atoms with Crippen LogP contribution in [0, 0.1) is 0 Å². The minimum atomic E-state index is -0.0713. The first kappa shape index (κ1) is 11.7. The van der Waals surface area contributed by atoms with Crippen molar-refractivity contribution < 1.29 is 9.53 Å². The zero-order valence-corrected chi connectivity index (χ0v) is 10.4. The summed E-state index contributed by atoms with van der Waals surface area (Å²) < 4.78 is 5.28. The summed E-state index contributed by atoms with van der Waals surface area (Å²) in [5.41, 5.74) is 2.60. The summed E-state index contributed by atoms with van der Waals surface area (Å²) in [7, 11) is 0. The lowest BCUT2D eigenvalue weighted by Crippen LogP contribution is -2.52. The molecular weight excluding hydrogens is 228 g/mol. The molecule has 0 unspecified atom stereocenters. The number of carbonyl (C=O) groups is 1. The first-order chi connectivity index (χ1) is 8.84. The van der Waals surface area contributed by atoms with E-state index in [1.54, 1.807) is 0 Å². The molecule has 4 heteroatoms. The molecule has 2 heterocycles. The Kier molecular flexibility index (Phi) is 3.30. The van der Waals surface area contributed by atoms with Crippen molar-refractivity contribution in [3.8, 4) is 0 Å². The molecule has 1 aromatic rings. The van der Waals surface area contributed by atoms with Gasteiger partial charge in [0.2, 0.25) is 5.91 Å². The van der Waals surface area contributed by atoms with Crippen LogP contribution in [0.1, 0.15) is 11.1 Å². The van der Waals surface area contributed by atoms with Gasteiger partial charge in [0.15, 0.2) is 0 Å². The Hall–Kier alpha value is -1.39. The number of nitrogens with zero attached hydrogens (tertiary/aromatic N) is 1. The molecule has 1 N–H and O–H groups in total. The van der Waals surface area contributed by atoms with Gasteiger partial charge in [0.1, 0.15) is 0 Å². The molecule has 0 bridgehead atoms. The SMILES string of the molecule is O=C([C@@H]1Cc2ccccc2CN1)N1CCOCC1. The van der Waals surface area contributed by atoms with Crippen LogP contribution >= 0.6 is 0 Å². The molecule has 0 aromatic heterocycles. The van der Waals surface area contributed by atoms with Crippen molar-refractivity contribution in [3.05, 3.63) is 35.4 Å². The molecule has 3 rings (SSSR count). The second-order valence-corrected chi connectivity index (χ2v) is 4.84. The summed E-state index contributed by atoms with van der Waals surface area (Å²) in [6, 6.07) is 8.26. The average Bonchev–Trinajstić information content (AvgIpc) is 2.47. The van der Waals surface area contributed by atoms with Crippen molar-refractivity contribution in [2.45, 2.75) is 19.0 Å². The van der Waals surface area contributed by atoms with E-state index in [1.807, 2.05) is 17.0 Å². The van der Waals surface area contributed by atoms with Crippen LogP contribution in [0.5, 0.6) is 0 Å². The van der Waals surface area contributed by atoms with E-state index < -0.39 is 0 Å². The molecule has 0 aliphatic carbocycles. The third kappa shape index (κ3) is 2.26. The van der Waals surface area contributed by atoms with Crippen molar-refractivity contribution in [2.24, 2.45) is 0 Å². The largest absolute Gasteiger partial charge is 0.378 e. The molecule has 4 nitrogen and oxygen atoms in total. The van der Waals surface area contributed by atoms with Crippen molar-refractivity contribution in [1.82, 2.24) is 10.2 Å². The molecule has 1 atom stereocenters. The quantitative estimate of drug-likeness (QED) is 0.787. The van der Waals surface area contributed by atoms with Gasteiger partial charge in [0.25, 0.3) is 0 Å². The lowest BCUT2D eigenvalue weighted by Gasteiger charge is -2.33. The van der Waals surface area contributed by atoms with E-state index >= 15 is 0 Å². The van der Waals surface area contributed by atoms with E-state index in [0.29, 0.717) is 13.2 Å². The van der Waals surface area contributed by atoms with E-state index in [0.717, 1.165) is 26.1 Å². The van der Waals surface area contributed by atoms with Gasteiger partial charge in [0, 0.05) is 19.6 Å². The highest BCUT2D eigenvalue weighted by Gasteiger charge is 2.28. The van der Waals surface area contributed by atoms with Crippen LogP contribution in [-0.4, -0.2) is 43.2 Å². The fourth-order valence-corrected chi connectivity index (χ4v) is 2.63. The van der Waals surface area contributed by atoms with Crippen LogP contribution in [-0.2, 0) is 22.5 Å². The van der Waals surface area contributed by atoms with Crippen LogP contribution in [0.2, 0.25) is 0 Å². The van der Waals surface area contributed by atoms with E-state index in [1.165, 1.54) is 11.1 Å². The third-order valence-corrected chi connectivity index (χ3v) is 3.70. The zero-order valence-electron chi connectivity index (χ0n) is 10.4. The predicted octanol–water partition coefficient (Wildman–Crippen LogP) is 0.560. The number of fused-ring (bicyclic) bond motifs is 1. The highest BCUT2D eigenvalue weighted by molar-refractivity contribution is 5.82. The number of carbonyl (C=O) groups excluding carboxylic acids is 1. The lowest BCUT2D eigenvalue weighted by molar-refractivity contribution is -0.137. The van der Waals surface area contributed by atoms with Gasteiger partial charge < -0.3 is 15.0 Å². The summed E-state index contributed by atoms with van der Waals surface area (Å²) in [6.45, 7) is 3.55. The van der Waals surface area contributed by atoms with Gasteiger partial charge in [-0.2, -0.15) is 0 Å². The first-order valence-corrected chi connectivity index (χ1v) is 6.51. The van der Waals surface area contributed by atoms with E-state index in [2.05, 4.69) is 17.4 Å². The van der Waals surface area contributed by atoms with Crippen molar-refractivity contribution in [2.75, 3.05) is 26.3 Å². The van der Waals surface area contributed by atoms with Gasteiger partial charge in [-0.3, -0.25) is 4.79 Å². The average molecular weight is 246 g/mol. The Bertz CT molecular complexity index is 441. The molecule has 1 fully saturated rings. The Labute approximate surface area is 107 Å². The van der Waals surface area contributed by atoms with Crippen LogP contribution in [0.4, 0.5) is 0 Å². The Morgan fingerprint density at radius 3 is 2.72 bits per heavy atom. The lowest BCUT2D eigenvalue weighted by atomic mass is 9.95. The highest BCUT2D eigenvalue weighted by atomic mass is 16.5. The topological polar surface area (TPSA) is 41.6 Å². The number of hydrogen-bond acceptors (Lipinski definition) is 3. The van der Waals surface area contributed by atoms with Crippen LogP contribution in [0.3, 0.4) is 0 Å². The Morgan fingerprint density at radius 1 is 1.22 bits per heavy atom. The number of ether oxygens (including phenoxy) is 1. The molecule has 1 aromatic carbocycles. The maximum Gasteiger partial charge on any atom is 0.240 e. The number of rotatable bonds is 1. The van der Waals surface area contributed by atoms with Crippen LogP contribution in [0.15, 0.2) is 24.3 Å². The van der Waals surface area contributed by atoms with E-state index in [-0.39, 0.29) is 11.9 Å². The molecular formula is C14H18N2O2. The molecule has 1 saturated heterocycles. The Balaban J connectivity index is 1.69. The van der Waals surface area contributed by atoms with E-state index in [4.69, 9.17) is 4.74 Å². The maximum atomic E-state index is 12.4.